The number of benzene rings is 2. The number of para-hydroxylation sites is 2. The Labute approximate surface area is 147 Å². The molecule has 2 N–H and O–H groups in total. The van der Waals surface area contributed by atoms with Crippen LogP contribution in [0.3, 0.4) is 0 Å². The second-order valence-corrected chi connectivity index (χ2v) is 5.30. The van der Waals surface area contributed by atoms with E-state index in [1.807, 2.05) is 6.92 Å². The van der Waals surface area contributed by atoms with Crippen molar-refractivity contribution in [3.8, 4) is 11.5 Å². The van der Waals surface area contributed by atoms with Gasteiger partial charge in [-0.3, -0.25) is 9.59 Å². The highest BCUT2D eigenvalue weighted by molar-refractivity contribution is 6.10. The number of hydrogen-bond acceptors (Lipinski definition) is 4. The predicted molar refractivity (Wildman–Crippen MR) is 96.6 cm³/mol. The number of amides is 2. The molecule has 0 aliphatic heterocycles. The average molecular weight is 342 g/mol. The van der Waals surface area contributed by atoms with Gasteiger partial charge in [0.15, 0.2) is 11.5 Å². The van der Waals surface area contributed by atoms with Gasteiger partial charge in [-0.25, -0.2) is 0 Å². The van der Waals surface area contributed by atoms with Crippen molar-refractivity contribution in [2.75, 3.05) is 26.1 Å². The van der Waals surface area contributed by atoms with Gasteiger partial charge in [-0.1, -0.05) is 25.1 Å². The highest BCUT2D eigenvalue weighted by atomic mass is 16.5. The van der Waals surface area contributed by atoms with Crippen LogP contribution in [0.15, 0.2) is 42.5 Å². The summed E-state index contributed by atoms with van der Waals surface area (Å²) in [5.74, 6) is 0.196. The minimum Gasteiger partial charge on any atom is -0.493 e. The third-order valence-electron chi connectivity index (χ3n) is 3.60. The molecule has 25 heavy (non-hydrogen) atoms. The lowest BCUT2D eigenvalue weighted by atomic mass is 10.1. The minimum atomic E-state index is -0.383. The van der Waals surface area contributed by atoms with E-state index in [4.69, 9.17) is 9.47 Å². The molecule has 0 aliphatic rings. The van der Waals surface area contributed by atoms with E-state index in [2.05, 4.69) is 10.6 Å². The molecule has 6 nitrogen and oxygen atoms in total. The fraction of sp³-hybridized carbons (Fsp3) is 0.263. The standard InChI is InChI=1S/C19H22N2O4/c1-4-12-20-18(22)13-8-5-6-10-15(13)21-19(23)14-9-7-11-16(24-2)17(14)25-3/h5-11H,4,12H2,1-3H3,(H,20,22)(H,21,23). The highest BCUT2D eigenvalue weighted by Crippen LogP contribution is 2.31. The summed E-state index contributed by atoms with van der Waals surface area (Å²) in [6.45, 7) is 2.55. The Morgan fingerprint density at radius 1 is 0.920 bits per heavy atom. The van der Waals surface area contributed by atoms with Crippen LogP contribution >= 0.6 is 0 Å². The predicted octanol–water partition coefficient (Wildman–Crippen LogP) is 3.10. The van der Waals surface area contributed by atoms with Gasteiger partial charge in [-0.05, 0) is 30.7 Å². The summed E-state index contributed by atoms with van der Waals surface area (Å²) < 4.78 is 10.5. The van der Waals surface area contributed by atoms with Gasteiger partial charge < -0.3 is 20.1 Å². The van der Waals surface area contributed by atoms with Crippen molar-refractivity contribution in [2.45, 2.75) is 13.3 Å². The van der Waals surface area contributed by atoms with E-state index in [1.165, 1.54) is 14.2 Å². The molecule has 2 aromatic rings. The van der Waals surface area contributed by atoms with E-state index in [0.717, 1.165) is 6.42 Å². The molecule has 0 radical (unpaired) electrons. The van der Waals surface area contributed by atoms with Gasteiger partial charge in [0, 0.05) is 6.54 Å². The average Bonchev–Trinajstić information content (AvgIpc) is 2.65. The number of carbonyl (C=O) groups is 2. The Balaban J connectivity index is 2.29. The Bertz CT molecular complexity index is 759. The number of rotatable bonds is 7. The molecule has 0 bridgehead atoms. The molecule has 0 aromatic heterocycles. The molecule has 2 rings (SSSR count). The lowest BCUT2D eigenvalue weighted by Crippen LogP contribution is -2.25. The van der Waals surface area contributed by atoms with Gasteiger partial charge in [0.1, 0.15) is 0 Å². The zero-order valence-corrected chi connectivity index (χ0v) is 14.6. The molecule has 0 unspecified atom stereocenters. The SMILES string of the molecule is CCCNC(=O)c1ccccc1NC(=O)c1cccc(OC)c1OC. The molecular weight excluding hydrogens is 320 g/mol. The summed E-state index contributed by atoms with van der Waals surface area (Å²) in [5.41, 5.74) is 1.17. The first kappa shape index (κ1) is 18.3. The largest absolute Gasteiger partial charge is 0.493 e. The lowest BCUT2D eigenvalue weighted by Gasteiger charge is -2.14. The van der Waals surface area contributed by atoms with Crippen LogP contribution in [0.1, 0.15) is 34.1 Å². The minimum absolute atomic E-state index is 0.227. The van der Waals surface area contributed by atoms with Gasteiger partial charge in [0.2, 0.25) is 0 Å². The van der Waals surface area contributed by atoms with Gasteiger partial charge in [0.25, 0.3) is 11.8 Å². The molecule has 132 valence electrons. The molecule has 0 fully saturated rings. The fourth-order valence-electron chi connectivity index (χ4n) is 2.38. The molecule has 0 saturated carbocycles. The topological polar surface area (TPSA) is 76.7 Å². The van der Waals surface area contributed by atoms with Crippen LogP contribution in [0.4, 0.5) is 5.69 Å². The molecule has 6 heteroatoms. The molecule has 0 heterocycles. The van der Waals surface area contributed by atoms with Crippen molar-refractivity contribution in [2.24, 2.45) is 0 Å². The van der Waals surface area contributed by atoms with Crippen molar-refractivity contribution in [3.05, 3.63) is 53.6 Å². The smallest absolute Gasteiger partial charge is 0.259 e. The van der Waals surface area contributed by atoms with Gasteiger partial charge in [-0.15, -0.1) is 0 Å². The van der Waals surface area contributed by atoms with Crippen molar-refractivity contribution in [1.29, 1.82) is 0 Å². The van der Waals surface area contributed by atoms with Crippen LogP contribution in [0.2, 0.25) is 0 Å². The fourth-order valence-corrected chi connectivity index (χ4v) is 2.38. The van der Waals surface area contributed by atoms with E-state index >= 15 is 0 Å². The van der Waals surface area contributed by atoms with Crippen molar-refractivity contribution < 1.29 is 19.1 Å². The van der Waals surface area contributed by atoms with Gasteiger partial charge in [-0.2, -0.15) is 0 Å². The Morgan fingerprint density at radius 3 is 2.32 bits per heavy atom. The summed E-state index contributed by atoms with van der Waals surface area (Å²) in [6.07, 6.45) is 0.835. The third-order valence-corrected chi connectivity index (χ3v) is 3.60. The van der Waals surface area contributed by atoms with Crippen LogP contribution in [-0.4, -0.2) is 32.6 Å². The molecule has 0 aliphatic carbocycles. The quantitative estimate of drug-likeness (QED) is 0.811. The number of hydrogen-bond donors (Lipinski definition) is 2. The van der Waals surface area contributed by atoms with Crippen molar-refractivity contribution in [1.82, 2.24) is 5.32 Å². The van der Waals surface area contributed by atoms with E-state index in [1.54, 1.807) is 42.5 Å². The number of ether oxygens (including phenoxy) is 2. The zero-order chi connectivity index (χ0) is 18.2. The molecule has 2 amide bonds. The lowest BCUT2D eigenvalue weighted by molar-refractivity contribution is 0.0954. The number of methoxy groups -OCH3 is 2. The van der Waals surface area contributed by atoms with Crippen LogP contribution in [-0.2, 0) is 0 Å². The number of carbonyl (C=O) groups excluding carboxylic acids is 2. The van der Waals surface area contributed by atoms with Crippen molar-refractivity contribution in [3.63, 3.8) is 0 Å². The van der Waals surface area contributed by atoms with Crippen LogP contribution in [0.5, 0.6) is 11.5 Å². The Hall–Kier alpha value is -3.02. The highest BCUT2D eigenvalue weighted by Gasteiger charge is 2.18. The van der Waals surface area contributed by atoms with Gasteiger partial charge in [0.05, 0.1) is 31.0 Å². The van der Waals surface area contributed by atoms with Gasteiger partial charge >= 0.3 is 0 Å². The maximum absolute atomic E-state index is 12.7. The first-order valence-electron chi connectivity index (χ1n) is 8.02. The Kier molecular flexibility index (Phi) is 6.39. The molecule has 0 saturated heterocycles. The zero-order valence-electron chi connectivity index (χ0n) is 14.6. The molecule has 0 atom stereocenters. The maximum Gasteiger partial charge on any atom is 0.259 e. The normalized spacial score (nSPS) is 10.0. The molecule has 0 spiro atoms. The van der Waals surface area contributed by atoms with Crippen LogP contribution < -0.4 is 20.1 Å². The number of anilines is 1. The summed E-state index contributed by atoms with van der Waals surface area (Å²) in [7, 11) is 2.98. The van der Waals surface area contributed by atoms with E-state index in [9.17, 15) is 9.59 Å². The summed E-state index contributed by atoms with van der Waals surface area (Å²) in [6, 6.07) is 11.9. The summed E-state index contributed by atoms with van der Waals surface area (Å²) in [5, 5.41) is 5.58. The molecule has 2 aromatic carbocycles. The third kappa shape index (κ3) is 4.29. The number of nitrogens with one attached hydrogen (secondary N) is 2. The van der Waals surface area contributed by atoms with E-state index in [-0.39, 0.29) is 11.8 Å². The van der Waals surface area contributed by atoms with Crippen LogP contribution in [0, 0.1) is 0 Å². The van der Waals surface area contributed by atoms with Crippen molar-refractivity contribution >= 4 is 17.5 Å². The first-order chi connectivity index (χ1) is 12.1. The maximum atomic E-state index is 12.7. The van der Waals surface area contributed by atoms with E-state index < -0.39 is 0 Å². The van der Waals surface area contributed by atoms with E-state index in [0.29, 0.717) is 34.9 Å². The second kappa shape index (κ2) is 8.73. The first-order valence-corrected chi connectivity index (χ1v) is 8.02. The molecular formula is C19H22N2O4. The monoisotopic (exact) mass is 342 g/mol. The Morgan fingerprint density at radius 2 is 1.64 bits per heavy atom. The second-order valence-electron chi connectivity index (χ2n) is 5.30. The summed E-state index contributed by atoms with van der Waals surface area (Å²) >= 11 is 0. The van der Waals surface area contributed by atoms with Crippen LogP contribution in [0.25, 0.3) is 0 Å². The summed E-state index contributed by atoms with van der Waals surface area (Å²) in [4.78, 5) is 24.9.